The van der Waals surface area contributed by atoms with Crippen molar-refractivity contribution >= 4 is 15.7 Å². The Labute approximate surface area is 126 Å². The fraction of sp³-hybridized carbons (Fsp3) is 0.562. The lowest BCUT2D eigenvalue weighted by Gasteiger charge is -2.28. The maximum absolute atomic E-state index is 12.3. The summed E-state index contributed by atoms with van der Waals surface area (Å²) < 4.78 is 23.3. The lowest BCUT2D eigenvalue weighted by Crippen LogP contribution is -2.41. The van der Waals surface area contributed by atoms with Crippen LogP contribution in [0.5, 0.6) is 0 Å². The molecule has 1 amide bonds. The molecule has 1 fully saturated rings. The van der Waals surface area contributed by atoms with Gasteiger partial charge in [-0.25, -0.2) is 8.42 Å². The molecule has 21 heavy (non-hydrogen) atoms. The minimum absolute atomic E-state index is 0.0485. The molecule has 0 heterocycles. The number of rotatable bonds is 3. The predicted molar refractivity (Wildman–Crippen MR) is 84.3 cm³/mol. The lowest BCUT2D eigenvalue weighted by atomic mass is 9.94. The van der Waals surface area contributed by atoms with Crippen molar-refractivity contribution in [3.8, 4) is 0 Å². The molecule has 2 atom stereocenters. The smallest absolute Gasteiger partial charge is 0.251 e. The molecule has 0 aliphatic heterocycles. The van der Waals surface area contributed by atoms with E-state index in [2.05, 4.69) is 5.32 Å². The Kier molecular flexibility index (Phi) is 4.71. The average Bonchev–Trinajstić information content (AvgIpc) is 2.41. The van der Waals surface area contributed by atoms with Gasteiger partial charge in [0.2, 0.25) is 0 Å². The Morgan fingerprint density at radius 1 is 1.19 bits per heavy atom. The van der Waals surface area contributed by atoms with Crippen molar-refractivity contribution in [3.63, 3.8) is 0 Å². The van der Waals surface area contributed by atoms with E-state index in [-0.39, 0.29) is 17.2 Å². The normalized spacial score (nSPS) is 22.8. The third-order valence-corrected chi connectivity index (χ3v) is 5.98. The van der Waals surface area contributed by atoms with Crippen LogP contribution < -0.4 is 5.32 Å². The van der Waals surface area contributed by atoms with Gasteiger partial charge < -0.3 is 5.32 Å². The van der Waals surface area contributed by atoms with Gasteiger partial charge in [0.05, 0.1) is 5.25 Å². The molecule has 1 aromatic rings. The molecular formula is C16H23NO3S. The molecule has 116 valence electrons. The Hall–Kier alpha value is -1.36. The molecule has 0 spiro atoms. The topological polar surface area (TPSA) is 63.2 Å². The van der Waals surface area contributed by atoms with Gasteiger partial charge in [0, 0.05) is 17.9 Å². The van der Waals surface area contributed by atoms with E-state index in [0.29, 0.717) is 18.4 Å². The molecule has 1 saturated carbocycles. The van der Waals surface area contributed by atoms with Crippen molar-refractivity contribution in [1.82, 2.24) is 5.32 Å². The zero-order chi connectivity index (χ0) is 15.6. The van der Waals surface area contributed by atoms with Crippen LogP contribution in [0.4, 0.5) is 0 Å². The fourth-order valence-corrected chi connectivity index (χ4v) is 3.99. The maximum Gasteiger partial charge on any atom is 0.251 e. The van der Waals surface area contributed by atoms with Crippen LogP contribution >= 0.6 is 0 Å². The zero-order valence-electron chi connectivity index (χ0n) is 12.8. The number of aryl methyl sites for hydroxylation is 2. The first-order valence-corrected chi connectivity index (χ1v) is 9.30. The summed E-state index contributed by atoms with van der Waals surface area (Å²) >= 11 is 0. The number of amides is 1. The number of sulfone groups is 1. The van der Waals surface area contributed by atoms with Crippen LogP contribution in [0.3, 0.4) is 0 Å². The van der Waals surface area contributed by atoms with E-state index in [1.54, 1.807) is 0 Å². The van der Waals surface area contributed by atoms with Gasteiger partial charge in [0.25, 0.3) is 5.91 Å². The fourth-order valence-electron chi connectivity index (χ4n) is 2.82. The molecule has 0 radical (unpaired) electrons. The Balaban J connectivity index is 2.03. The van der Waals surface area contributed by atoms with E-state index in [0.717, 1.165) is 24.0 Å². The Morgan fingerprint density at radius 2 is 1.90 bits per heavy atom. The van der Waals surface area contributed by atoms with Gasteiger partial charge in [-0.2, -0.15) is 0 Å². The molecule has 2 unspecified atom stereocenters. The first-order chi connectivity index (χ1) is 9.77. The summed E-state index contributed by atoms with van der Waals surface area (Å²) in [6.45, 7) is 3.99. The molecule has 2 rings (SSSR count). The number of carbonyl (C=O) groups excluding carboxylic acids is 1. The molecule has 1 aliphatic carbocycles. The zero-order valence-corrected chi connectivity index (χ0v) is 13.7. The molecule has 4 nitrogen and oxygen atoms in total. The molecule has 0 saturated heterocycles. The van der Waals surface area contributed by atoms with E-state index in [9.17, 15) is 13.2 Å². The quantitative estimate of drug-likeness (QED) is 0.932. The predicted octanol–water partition coefficient (Wildman–Crippen LogP) is 2.39. The first-order valence-electron chi connectivity index (χ1n) is 7.34. The molecule has 1 aliphatic rings. The van der Waals surface area contributed by atoms with Gasteiger partial charge in [-0.15, -0.1) is 0 Å². The van der Waals surface area contributed by atoms with Crippen LogP contribution in [0, 0.1) is 13.8 Å². The van der Waals surface area contributed by atoms with Crippen molar-refractivity contribution in [2.45, 2.75) is 50.8 Å². The van der Waals surface area contributed by atoms with Gasteiger partial charge in [-0.1, -0.05) is 12.5 Å². The number of nitrogens with one attached hydrogen (secondary N) is 1. The number of hydrogen-bond donors (Lipinski definition) is 1. The van der Waals surface area contributed by atoms with E-state index in [1.807, 2.05) is 32.0 Å². The standard InChI is InChI=1S/C16H23NO3S/c1-11-7-8-13(9-12(11)2)16(18)17-14-5-4-6-15(10-14)21(3,19)20/h7-9,14-15H,4-6,10H2,1-3H3,(H,17,18). The van der Waals surface area contributed by atoms with Crippen LogP contribution in [-0.4, -0.2) is 31.9 Å². The minimum atomic E-state index is -3.02. The van der Waals surface area contributed by atoms with Crippen molar-refractivity contribution in [2.24, 2.45) is 0 Å². The SMILES string of the molecule is Cc1ccc(C(=O)NC2CCCC(S(C)(=O)=O)C2)cc1C. The Bertz CT molecular complexity index is 637. The lowest BCUT2D eigenvalue weighted by molar-refractivity contribution is 0.0928. The van der Waals surface area contributed by atoms with Crippen LogP contribution in [0.1, 0.15) is 47.2 Å². The minimum Gasteiger partial charge on any atom is -0.349 e. The van der Waals surface area contributed by atoms with Crippen LogP contribution in [-0.2, 0) is 9.84 Å². The maximum atomic E-state index is 12.3. The molecule has 1 aromatic carbocycles. The number of benzene rings is 1. The van der Waals surface area contributed by atoms with Gasteiger partial charge >= 0.3 is 0 Å². The Morgan fingerprint density at radius 3 is 2.52 bits per heavy atom. The highest BCUT2D eigenvalue weighted by Crippen LogP contribution is 2.24. The second-order valence-electron chi connectivity index (χ2n) is 6.09. The van der Waals surface area contributed by atoms with Gasteiger partial charge in [-0.3, -0.25) is 4.79 Å². The third-order valence-electron chi connectivity index (χ3n) is 4.34. The number of hydrogen-bond acceptors (Lipinski definition) is 3. The molecule has 5 heteroatoms. The largest absolute Gasteiger partial charge is 0.349 e. The summed E-state index contributed by atoms with van der Waals surface area (Å²) in [4.78, 5) is 12.3. The average molecular weight is 309 g/mol. The van der Waals surface area contributed by atoms with Crippen LogP contribution in [0.2, 0.25) is 0 Å². The van der Waals surface area contributed by atoms with Crippen molar-refractivity contribution in [2.75, 3.05) is 6.26 Å². The van der Waals surface area contributed by atoms with Gasteiger partial charge in [0.1, 0.15) is 9.84 Å². The highest BCUT2D eigenvalue weighted by molar-refractivity contribution is 7.91. The summed E-state index contributed by atoms with van der Waals surface area (Å²) in [7, 11) is -3.02. The van der Waals surface area contributed by atoms with E-state index >= 15 is 0 Å². The summed E-state index contributed by atoms with van der Waals surface area (Å²) in [5.41, 5.74) is 2.88. The first kappa shape index (κ1) is 16.0. The highest BCUT2D eigenvalue weighted by atomic mass is 32.2. The van der Waals surface area contributed by atoms with Crippen molar-refractivity contribution in [1.29, 1.82) is 0 Å². The van der Waals surface area contributed by atoms with Gasteiger partial charge in [-0.05, 0) is 56.4 Å². The van der Waals surface area contributed by atoms with E-state index in [4.69, 9.17) is 0 Å². The number of carbonyl (C=O) groups is 1. The summed E-state index contributed by atoms with van der Waals surface area (Å²) in [5, 5.41) is 2.66. The second kappa shape index (κ2) is 6.18. The van der Waals surface area contributed by atoms with Crippen molar-refractivity contribution < 1.29 is 13.2 Å². The molecular weight excluding hydrogens is 286 g/mol. The molecule has 0 bridgehead atoms. The summed E-state index contributed by atoms with van der Waals surface area (Å²) in [6.07, 6.45) is 4.20. The van der Waals surface area contributed by atoms with E-state index < -0.39 is 9.84 Å². The van der Waals surface area contributed by atoms with Crippen LogP contribution in [0.15, 0.2) is 18.2 Å². The summed E-state index contributed by atoms with van der Waals surface area (Å²) in [5.74, 6) is -0.114. The van der Waals surface area contributed by atoms with Crippen molar-refractivity contribution in [3.05, 3.63) is 34.9 Å². The molecule has 1 N–H and O–H groups in total. The second-order valence-corrected chi connectivity index (χ2v) is 8.41. The van der Waals surface area contributed by atoms with Crippen LogP contribution in [0.25, 0.3) is 0 Å². The summed E-state index contributed by atoms with van der Waals surface area (Å²) in [6, 6.07) is 5.58. The van der Waals surface area contributed by atoms with E-state index in [1.165, 1.54) is 6.26 Å². The third kappa shape index (κ3) is 4.06. The highest BCUT2D eigenvalue weighted by Gasteiger charge is 2.29. The van der Waals surface area contributed by atoms with Gasteiger partial charge in [0.15, 0.2) is 0 Å². The monoisotopic (exact) mass is 309 g/mol. The molecule has 0 aromatic heterocycles.